The van der Waals surface area contributed by atoms with Crippen LogP contribution < -0.4 is 0 Å². The molecule has 0 saturated heterocycles. The summed E-state index contributed by atoms with van der Waals surface area (Å²) in [4.78, 5) is 8.20. The molecule has 0 aliphatic carbocycles. The highest BCUT2D eigenvalue weighted by molar-refractivity contribution is 7.23. The van der Waals surface area contributed by atoms with Crippen LogP contribution in [-0.4, -0.2) is 26.4 Å². The van der Waals surface area contributed by atoms with E-state index >= 15 is 0 Å². The molecule has 2 nitrogen and oxygen atoms in total. The van der Waals surface area contributed by atoms with Gasteiger partial charge in [0.15, 0.2) is 0 Å². The van der Waals surface area contributed by atoms with Gasteiger partial charge in [0.2, 0.25) is 0 Å². The van der Waals surface area contributed by atoms with E-state index in [9.17, 15) is 0 Å². The number of ether oxygens (including phenoxy) is 2. The van der Waals surface area contributed by atoms with E-state index in [0.717, 1.165) is 19.6 Å². The van der Waals surface area contributed by atoms with Crippen LogP contribution in [-0.2, 0) is 22.3 Å². The second kappa shape index (κ2) is 18.4. The second-order valence-corrected chi connectivity index (χ2v) is 14.8. The van der Waals surface area contributed by atoms with Gasteiger partial charge in [0.25, 0.3) is 0 Å². The minimum Gasteiger partial charge on any atom is -0.379 e. The first-order valence-electron chi connectivity index (χ1n) is 16.5. The summed E-state index contributed by atoms with van der Waals surface area (Å²) in [6.07, 6.45) is 14.7. The van der Waals surface area contributed by atoms with Crippen LogP contribution in [0.3, 0.4) is 0 Å². The van der Waals surface area contributed by atoms with Gasteiger partial charge in [-0.15, -0.1) is 34.0 Å². The Labute approximate surface area is 282 Å². The van der Waals surface area contributed by atoms with Crippen LogP contribution in [0.2, 0.25) is 0 Å². The predicted molar refractivity (Wildman–Crippen MR) is 200 cm³/mol. The summed E-state index contributed by atoms with van der Waals surface area (Å²) in [5, 5.41) is 0. The first-order valence-corrected chi connectivity index (χ1v) is 19.0. The predicted octanol–water partition coefficient (Wildman–Crippen LogP) is 12.5. The van der Waals surface area contributed by atoms with Crippen LogP contribution in [0.25, 0.3) is 42.8 Å². The van der Waals surface area contributed by atoms with Gasteiger partial charge in [0, 0.05) is 42.3 Å². The van der Waals surface area contributed by atoms with Gasteiger partial charge in [0.1, 0.15) is 0 Å². The van der Waals surface area contributed by atoms with E-state index in [-0.39, 0.29) is 0 Å². The number of unbranched alkanes of at least 4 members (excludes halogenated alkanes) is 5. The molecular weight excluding hydrogens is 609 g/mol. The molecule has 0 saturated carbocycles. The molecule has 0 amide bonds. The summed E-state index contributed by atoms with van der Waals surface area (Å²) in [6.45, 7) is 7.11. The van der Waals surface area contributed by atoms with Gasteiger partial charge < -0.3 is 9.47 Å². The highest BCUT2D eigenvalue weighted by Gasteiger charge is 2.09. The molecular formula is C40H46O2S3. The van der Waals surface area contributed by atoms with Crippen LogP contribution in [0.5, 0.6) is 0 Å². The van der Waals surface area contributed by atoms with E-state index in [1.54, 1.807) is 0 Å². The summed E-state index contributed by atoms with van der Waals surface area (Å²) in [5.74, 6) is 0. The highest BCUT2D eigenvalue weighted by Crippen LogP contribution is 2.38. The lowest BCUT2D eigenvalue weighted by atomic mass is 10.1. The number of rotatable bonds is 19. The Morgan fingerprint density at radius 1 is 0.467 bits per heavy atom. The molecule has 45 heavy (non-hydrogen) atoms. The molecule has 0 fully saturated rings. The Balaban J connectivity index is 1.09. The molecule has 236 valence electrons. The minimum absolute atomic E-state index is 0.665. The normalized spacial score (nSPS) is 11.6. The lowest BCUT2D eigenvalue weighted by molar-refractivity contribution is 0.0543. The maximum absolute atomic E-state index is 5.69. The van der Waals surface area contributed by atoms with Crippen molar-refractivity contribution >= 4 is 46.2 Å². The molecule has 0 aliphatic rings. The number of hydrogen-bond acceptors (Lipinski definition) is 5. The van der Waals surface area contributed by atoms with Crippen LogP contribution in [0.1, 0.15) is 73.3 Å². The Morgan fingerprint density at radius 3 is 1.67 bits per heavy atom. The molecule has 5 rings (SSSR count). The van der Waals surface area contributed by atoms with Crippen molar-refractivity contribution in [2.24, 2.45) is 0 Å². The third kappa shape index (κ3) is 10.6. The van der Waals surface area contributed by atoms with E-state index < -0.39 is 0 Å². The summed E-state index contributed by atoms with van der Waals surface area (Å²) in [7, 11) is 0. The van der Waals surface area contributed by atoms with Crippen molar-refractivity contribution in [3.05, 3.63) is 106 Å². The largest absolute Gasteiger partial charge is 0.379 e. The summed E-state index contributed by atoms with van der Waals surface area (Å²) >= 11 is 5.68. The van der Waals surface area contributed by atoms with Gasteiger partial charge in [-0.3, -0.25) is 0 Å². The van der Waals surface area contributed by atoms with Gasteiger partial charge in [-0.2, -0.15) is 0 Å². The zero-order valence-electron chi connectivity index (χ0n) is 26.8. The van der Waals surface area contributed by atoms with Crippen molar-refractivity contribution in [3.8, 4) is 30.6 Å². The highest BCUT2D eigenvalue weighted by atomic mass is 32.1. The fraction of sp³-hybridized carbons (Fsp3) is 0.350. The lowest BCUT2D eigenvalue weighted by Crippen LogP contribution is -2.05. The zero-order valence-corrected chi connectivity index (χ0v) is 29.2. The molecule has 0 atom stereocenters. The molecule has 0 radical (unpaired) electrons. The Morgan fingerprint density at radius 2 is 0.978 bits per heavy atom. The van der Waals surface area contributed by atoms with Crippen LogP contribution in [0.15, 0.2) is 84.9 Å². The number of benzene rings is 2. The van der Waals surface area contributed by atoms with Crippen molar-refractivity contribution in [2.45, 2.75) is 65.2 Å². The quantitative estimate of drug-likeness (QED) is 0.0651. The van der Waals surface area contributed by atoms with E-state index in [2.05, 4.69) is 104 Å². The fourth-order valence-electron chi connectivity index (χ4n) is 5.26. The van der Waals surface area contributed by atoms with E-state index in [1.807, 2.05) is 40.9 Å². The maximum atomic E-state index is 5.69. The second-order valence-electron chi connectivity index (χ2n) is 11.4. The van der Waals surface area contributed by atoms with Crippen molar-refractivity contribution in [3.63, 3.8) is 0 Å². The van der Waals surface area contributed by atoms with Gasteiger partial charge in [-0.25, -0.2) is 0 Å². The topological polar surface area (TPSA) is 18.5 Å². The first-order chi connectivity index (χ1) is 22.2. The molecule has 0 spiro atoms. The smallest absolute Gasteiger partial charge is 0.0700 e. The summed E-state index contributed by atoms with van der Waals surface area (Å²) in [6, 6.07) is 31.4. The van der Waals surface area contributed by atoms with Crippen LogP contribution >= 0.6 is 34.0 Å². The zero-order chi connectivity index (χ0) is 31.1. The Bertz CT molecular complexity index is 1570. The third-order valence-corrected chi connectivity index (χ3v) is 11.5. The summed E-state index contributed by atoms with van der Waals surface area (Å²) < 4.78 is 11.0. The average molecular weight is 655 g/mol. The van der Waals surface area contributed by atoms with E-state index in [1.165, 1.54) is 96.5 Å². The molecule has 0 unspecified atom stereocenters. The van der Waals surface area contributed by atoms with Gasteiger partial charge >= 0.3 is 0 Å². The third-order valence-electron chi connectivity index (χ3n) is 7.88. The molecule has 3 aromatic heterocycles. The van der Waals surface area contributed by atoms with Gasteiger partial charge in [-0.05, 0) is 78.4 Å². The summed E-state index contributed by atoms with van der Waals surface area (Å²) in [5.41, 5.74) is 5.01. The standard InChI is InChI=1S/C40H46O2S3/c1-3-5-6-7-8-9-10-35-21-23-37(43-35)33-17-13-31(14-18-33)11-12-32-15-19-34(20-16-32)38-25-26-40(45-38)39-24-22-36(44-39)27-28-42-30-29-41-4-2/h11-26H,3-10,27-30H2,1-2H3. The minimum atomic E-state index is 0.665. The SMILES string of the molecule is CCCCCCCCc1ccc(-c2ccc(C=Cc3ccc(-c4ccc(-c5ccc(CCOCCOCC)s5)s4)cc3)cc2)s1. The molecule has 3 heterocycles. The monoisotopic (exact) mass is 654 g/mol. The number of aryl methyl sites for hydroxylation is 1. The molecule has 5 aromatic rings. The van der Waals surface area contributed by atoms with Crippen LogP contribution in [0, 0.1) is 0 Å². The Kier molecular flexibility index (Phi) is 13.7. The first kappa shape index (κ1) is 33.6. The van der Waals surface area contributed by atoms with E-state index in [4.69, 9.17) is 9.47 Å². The molecule has 0 bridgehead atoms. The number of thiophene rings is 3. The molecule has 5 heteroatoms. The number of hydrogen-bond donors (Lipinski definition) is 0. The lowest BCUT2D eigenvalue weighted by Gasteiger charge is -2.02. The van der Waals surface area contributed by atoms with Crippen molar-refractivity contribution in [1.29, 1.82) is 0 Å². The maximum Gasteiger partial charge on any atom is 0.0700 e. The van der Waals surface area contributed by atoms with Gasteiger partial charge in [-0.1, -0.05) is 99.7 Å². The molecule has 0 N–H and O–H groups in total. The van der Waals surface area contributed by atoms with Gasteiger partial charge in [0.05, 0.1) is 19.8 Å². The van der Waals surface area contributed by atoms with E-state index in [0.29, 0.717) is 13.2 Å². The Hall–Kier alpha value is -2.80. The molecule has 2 aromatic carbocycles. The average Bonchev–Trinajstić information content (AvgIpc) is 3.86. The fourth-order valence-corrected chi connectivity index (χ4v) is 8.41. The van der Waals surface area contributed by atoms with Crippen molar-refractivity contribution < 1.29 is 9.47 Å². The van der Waals surface area contributed by atoms with Crippen molar-refractivity contribution in [2.75, 3.05) is 26.4 Å². The molecule has 0 aliphatic heterocycles. The van der Waals surface area contributed by atoms with Crippen molar-refractivity contribution in [1.82, 2.24) is 0 Å². The van der Waals surface area contributed by atoms with Crippen LogP contribution in [0.4, 0.5) is 0 Å².